The van der Waals surface area contributed by atoms with E-state index in [-0.39, 0.29) is 64.9 Å². The monoisotopic (exact) mass is 1040 g/mol. The van der Waals surface area contributed by atoms with E-state index < -0.39 is 23.6 Å². The number of ketones is 1. The van der Waals surface area contributed by atoms with Crippen LogP contribution in [0, 0.1) is 39.4 Å². The summed E-state index contributed by atoms with van der Waals surface area (Å²) in [6.45, 7) is 27.8. The van der Waals surface area contributed by atoms with Crippen molar-refractivity contribution >= 4 is 23.2 Å². The minimum absolute atomic E-state index is 0.00376. The second kappa shape index (κ2) is 23.2. The van der Waals surface area contributed by atoms with Gasteiger partial charge in [-0.15, -0.1) is 0 Å². The number of aryl methyl sites for hydroxylation is 1. The maximum atomic E-state index is 14.4. The number of β-amino-alcohol motifs (C(OH)–C–C–N with tert-alkyl or cyclic N) is 1. The van der Waals surface area contributed by atoms with E-state index in [4.69, 9.17) is 4.74 Å². The van der Waals surface area contributed by atoms with Crippen molar-refractivity contribution in [2.24, 2.45) is 28.1 Å². The summed E-state index contributed by atoms with van der Waals surface area (Å²) >= 11 is 0. The van der Waals surface area contributed by atoms with Gasteiger partial charge in [0.25, 0.3) is 5.91 Å². The van der Waals surface area contributed by atoms with Crippen LogP contribution in [-0.4, -0.2) is 64.5 Å². The molecule has 0 bridgehead atoms. The van der Waals surface area contributed by atoms with E-state index in [2.05, 4.69) is 166 Å². The molecule has 3 aromatic rings. The topological polar surface area (TPSA) is 132 Å². The van der Waals surface area contributed by atoms with Crippen LogP contribution in [0.3, 0.4) is 0 Å². The lowest BCUT2D eigenvalue weighted by molar-refractivity contribution is -0.164. The molecule has 0 radical (unpaired) electrons. The van der Waals surface area contributed by atoms with Crippen molar-refractivity contribution in [1.29, 1.82) is 5.26 Å². The van der Waals surface area contributed by atoms with Crippen LogP contribution in [0.5, 0.6) is 5.75 Å². The molecule has 4 atom stereocenters. The summed E-state index contributed by atoms with van der Waals surface area (Å²) in [6.07, 6.45) is 21.5. The number of nitrogens with one attached hydrogen (secondary N) is 2. The Morgan fingerprint density at radius 3 is 2.19 bits per heavy atom. The summed E-state index contributed by atoms with van der Waals surface area (Å²) in [6, 6.07) is 23.3. The molecular formula is C68H88N4O5. The Morgan fingerprint density at radius 2 is 1.57 bits per heavy atom. The van der Waals surface area contributed by atoms with E-state index in [1.165, 1.54) is 47.1 Å². The lowest BCUT2D eigenvalue weighted by atomic mass is 9.49. The molecular weight excluding hydrogens is 953 g/mol. The van der Waals surface area contributed by atoms with E-state index in [1.807, 2.05) is 30.3 Å². The lowest BCUT2D eigenvalue weighted by Gasteiger charge is -2.63. The zero-order chi connectivity index (χ0) is 55.6. The van der Waals surface area contributed by atoms with Crippen molar-refractivity contribution in [3.8, 4) is 11.8 Å². The Morgan fingerprint density at radius 1 is 0.896 bits per heavy atom. The number of carbonyl (C=O) groups excluding carboxylic acids is 3. The van der Waals surface area contributed by atoms with Gasteiger partial charge < -0.3 is 25.4 Å². The molecule has 4 aliphatic carbocycles. The van der Waals surface area contributed by atoms with Crippen molar-refractivity contribution in [3.63, 3.8) is 0 Å². The molecule has 1 saturated heterocycles. The molecule has 3 fully saturated rings. The molecule has 1 unspecified atom stereocenters. The highest BCUT2D eigenvalue weighted by Crippen LogP contribution is 2.56. The van der Waals surface area contributed by atoms with Crippen LogP contribution in [0.2, 0.25) is 0 Å². The summed E-state index contributed by atoms with van der Waals surface area (Å²) in [4.78, 5) is 43.5. The molecule has 3 aromatic carbocycles. The molecule has 5 aliphatic rings. The minimum atomic E-state index is -0.722. The normalized spacial score (nSPS) is 24.9. The summed E-state index contributed by atoms with van der Waals surface area (Å²) in [5, 5.41) is 27.4. The van der Waals surface area contributed by atoms with E-state index >= 15 is 0 Å². The fraction of sp³-hybridized carbons (Fsp3) is 0.529. The highest BCUT2D eigenvalue weighted by atomic mass is 16.5. The van der Waals surface area contributed by atoms with Crippen LogP contribution in [0.1, 0.15) is 191 Å². The summed E-state index contributed by atoms with van der Waals surface area (Å²) in [5.74, 6) is 1.95. The average molecular weight is 1040 g/mol. The predicted molar refractivity (Wildman–Crippen MR) is 311 cm³/mol. The van der Waals surface area contributed by atoms with Gasteiger partial charge >= 0.3 is 0 Å². The molecule has 410 valence electrons. The van der Waals surface area contributed by atoms with Gasteiger partial charge in [0.1, 0.15) is 17.9 Å². The first kappa shape index (κ1) is 57.2. The van der Waals surface area contributed by atoms with Crippen LogP contribution >= 0.6 is 0 Å². The van der Waals surface area contributed by atoms with E-state index in [0.29, 0.717) is 35.8 Å². The van der Waals surface area contributed by atoms with Gasteiger partial charge in [-0.05, 0) is 138 Å². The zero-order valence-electron chi connectivity index (χ0n) is 48.2. The Kier molecular flexibility index (Phi) is 17.2. The lowest BCUT2D eigenvalue weighted by Crippen LogP contribution is -2.74. The third-order valence-corrected chi connectivity index (χ3v) is 17.9. The molecule has 9 nitrogen and oxygen atoms in total. The average Bonchev–Trinajstić information content (AvgIpc) is 4.27. The number of carbonyl (C=O) groups is 3. The third-order valence-electron chi connectivity index (χ3n) is 17.9. The number of aliphatic hydroxyl groups excluding tert-OH is 1. The van der Waals surface area contributed by atoms with Crippen molar-refractivity contribution in [2.75, 3.05) is 6.54 Å². The standard InChI is InChI=1S/C68H88N4O5/c1-43-15-13-18-56(43)50-27-23-46(24-28-50)26-36-59(74)58-39-54(73)42-72(58)62(76)60(66(6,7)8)70-44(2)37-48-21-19-45(20-22-48)16-14-17-47-25-29-52(38-47)49-30-32-51(33-31-49)61(75)71-63-67(9,10)64(68(63,11)12)77-55-35-34-53(41-69)57(40-55)65(3,4)5/h13,15,23-25,27-35,38,40,45,48,52,54,58,60,63-64,70,73H,2,14,16-22,26,36-37,39,42H2,1,3-12H3,(H,71,75)/t45?,48?,52?,54-,58+,60-,63?,64?/m1/s1. The molecule has 9 heteroatoms. The van der Waals surface area contributed by atoms with Gasteiger partial charge in [-0.3, -0.25) is 14.4 Å². The number of nitriles is 1. The van der Waals surface area contributed by atoms with Gasteiger partial charge in [0.2, 0.25) is 5.91 Å². The van der Waals surface area contributed by atoms with Crippen molar-refractivity contribution < 1.29 is 24.2 Å². The van der Waals surface area contributed by atoms with Gasteiger partial charge in [0.05, 0.1) is 23.8 Å². The Bertz CT molecular complexity index is 2820. The maximum Gasteiger partial charge on any atom is 0.251 e. The molecule has 77 heavy (non-hydrogen) atoms. The van der Waals surface area contributed by atoms with Crippen molar-refractivity contribution in [1.82, 2.24) is 15.5 Å². The molecule has 8 rings (SSSR count). The molecule has 0 aromatic heterocycles. The Labute approximate surface area is 461 Å². The number of aliphatic hydroxyl groups is 1. The Hall–Kier alpha value is -5.98. The quantitative estimate of drug-likeness (QED) is 0.109. The first-order valence-corrected chi connectivity index (χ1v) is 28.8. The molecule has 1 heterocycles. The van der Waals surface area contributed by atoms with E-state index in [9.17, 15) is 24.8 Å². The van der Waals surface area contributed by atoms with Crippen LogP contribution in [0.15, 0.2) is 121 Å². The number of rotatable bonds is 19. The second-order valence-electron chi connectivity index (χ2n) is 26.7. The second-order valence-corrected chi connectivity index (χ2v) is 26.7. The van der Waals surface area contributed by atoms with E-state index in [1.54, 1.807) is 4.90 Å². The largest absolute Gasteiger partial charge is 0.489 e. The molecule has 2 amide bonds. The number of allylic oxidation sites excluding steroid dienone is 9. The number of hydrogen-bond acceptors (Lipinski definition) is 7. The summed E-state index contributed by atoms with van der Waals surface area (Å²) in [5.41, 5.74) is 9.37. The maximum absolute atomic E-state index is 14.4. The molecule has 3 N–H and O–H groups in total. The number of Topliss-reactive ketones (excluding diaryl/α,β-unsaturated/α-hetero) is 1. The highest BCUT2D eigenvalue weighted by molar-refractivity contribution is 5.95. The number of benzene rings is 3. The van der Waals surface area contributed by atoms with Gasteiger partial charge in [-0.25, -0.2) is 0 Å². The Balaban J connectivity index is 0.751. The predicted octanol–water partition coefficient (Wildman–Crippen LogP) is 13.8. The van der Waals surface area contributed by atoms with Crippen LogP contribution in [-0.2, 0) is 21.4 Å². The number of likely N-dealkylation sites (tertiary alicyclic amines) is 1. The number of amides is 2. The van der Waals surface area contributed by atoms with Gasteiger partial charge in [0, 0.05) is 53.4 Å². The van der Waals surface area contributed by atoms with Crippen LogP contribution in [0.4, 0.5) is 0 Å². The van der Waals surface area contributed by atoms with Gasteiger partial charge in [-0.2, -0.15) is 5.26 Å². The summed E-state index contributed by atoms with van der Waals surface area (Å²) < 4.78 is 6.65. The number of nitrogens with zero attached hydrogens (tertiary/aromatic N) is 2. The minimum Gasteiger partial charge on any atom is -0.489 e. The fourth-order valence-corrected chi connectivity index (χ4v) is 13.6. The van der Waals surface area contributed by atoms with E-state index in [0.717, 1.165) is 61.1 Å². The van der Waals surface area contributed by atoms with Crippen LogP contribution in [0.25, 0.3) is 5.57 Å². The molecule has 1 aliphatic heterocycles. The number of hydrogen-bond donors (Lipinski definition) is 3. The molecule has 0 spiro atoms. The van der Waals surface area contributed by atoms with Gasteiger partial charge in [0.15, 0.2) is 5.78 Å². The molecule has 2 saturated carbocycles. The fourth-order valence-electron chi connectivity index (χ4n) is 13.6. The third kappa shape index (κ3) is 13.1. The zero-order valence-corrected chi connectivity index (χ0v) is 48.2. The van der Waals surface area contributed by atoms with Gasteiger partial charge in [-0.1, -0.05) is 167 Å². The first-order valence-electron chi connectivity index (χ1n) is 28.8. The number of ether oxygens (including phenoxy) is 1. The van der Waals surface area contributed by atoms with Crippen molar-refractivity contribution in [2.45, 2.75) is 195 Å². The highest BCUT2D eigenvalue weighted by Gasteiger charge is 2.64. The first-order chi connectivity index (χ1) is 36.3. The summed E-state index contributed by atoms with van der Waals surface area (Å²) in [7, 11) is 0. The smallest absolute Gasteiger partial charge is 0.251 e. The SMILES string of the molecule is C=C(CC1CCC(CCCC2=CC(c3ccc(C(=O)NC4C(C)(C)C(Oc5ccc(C#N)c(C(C)(C)C)c5)C4(C)C)cc3)C=C2)CC1)N[C@H](C(=O)N1C[C@H](O)C[C@H]1C(=O)CCc1ccc(C2=C(C)C=CC2)cc1)C(C)(C)C. The van der Waals surface area contributed by atoms with Crippen molar-refractivity contribution in [3.05, 3.63) is 154 Å². The van der Waals surface area contributed by atoms with Crippen LogP contribution < -0.4 is 15.4 Å².